The molecule has 0 aliphatic carbocycles. The van der Waals surface area contributed by atoms with Gasteiger partial charge in [-0.25, -0.2) is 0 Å². The largest absolute Gasteiger partial charge is 0.487 e. The van der Waals surface area contributed by atoms with Crippen molar-refractivity contribution in [3.8, 4) is 5.75 Å². The summed E-state index contributed by atoms with van der Waals surface area (Å²) >= 11 is 9.49. The molecular weight excluding hydrogens is 300 g/mol. The molecule has 0 spiro atoms. The molecule has 0 saturated carbocycles. The molecule has 0 aliphatic rings. The van der Waals surface area contributed by atoms with Crippen LogP contribution in [0, 0.1) is 0 Å². The summed E-state index contributed by atoms with van der Waals surface area (Å²) in [5.41, 5.74) is 2.28. The van der Waals surface area contributed by atoms with Gasteiger partial charge in [0.25, 0.3) is 0 Å². The zero-order valence-corrected chi connectivity index (χ0v) is 11.5. The predicted octanol–water partition coefficient (Wildman–Crippen LogP) is 4.81. The summed E-state index contributed by atoms with van der Waals surface area (Å²) in [5.74, 6) is 0.729. The SMILES string of the molecule is Clc1ccc(CBr)cc1OCc1ccccc1. The summed E-state index contributed by atoms with van der Waals surface area (Å²) in [4.78, 5) is 0. The van der Waals surface area contributed by atoms with Crippen molar-refractivity contribution < 1.29 is 4.74 Å². The number of halogens is 2. The van der Waals surface area contributed by atoms with Gasteiger partial charge in [0.15, 0.2) is 0 Å². The maximum absolute atomic E-state index is 6.08. The van der Waals surface area contributed by atoms with Crippen LogP contribution in [0.5, 0.6) is 5.75 Å². The third-order valence-electron chi connectivity index (χ3n) is 2.39. The van der Waals surface area contributed by atoms with E-state index in [0.717, 1.165) is 22.2 Å². The van der Waals surface area contributed by atoms with Crippen molar-refractivity contribution in [3.05, 3.63) is 64.7 Å². The highest BCUT2D eigenvalue weighted by molar-refractivity contribution is 9.08. The monoisotopic (exact) mass is 310 g/mol. The lowest BCUT2D eigenvalue weighted by atomic mass is 10.2. The van der Waals surface area contributed by atoms with E-state index in [0.29, 0.717) is 11.6 Å². The lowest BCUT2D eigenvalue weighted by molar-refractivity contribution is 0.306. The number of hydrogen-bond acceptors (Lipinski definition) is 1. The molecule has 3 heteroatoms. The first-order valence-electron chi connectivity index (χ1n) is 5.30. The highest BCUT2D eigenvalue weighted by Gasteiger charge is 2.03. The Kier molecular flexibility index (Phi) is 4.46. The Labute approximate surface area is 115 Å². The summed E-state index contributed by atoms with van der Waals surface area (Å²) in [7, 11) is 0. The second-order valence-electron chi connectivity index (χ2n) is 3.67. The van der Waals surface area contributed by atoms with Crippen LogP contribution < -0.4 is 4.74 Å². The molecule has 88 valence electrons. The van der Waals surface area contributed by atoms with E-state index in [1.54, 1.807) is 0 Å². The van der Waals surface area contributed by atoms with Crippen molar-refractivity contribution in [2.75, 3.05) is 0 Å². The van der Waals surface area contributed by atoms with Gasteiger partial charge in [-0.05, 0) is 23.3 Å². The van der Waals surface area contributed by atoms with Gasteiger partial charge in [-0.3, -0.25) is 0 Å². The molecule has 2 rings (SSSR count). The van der Waals surface area contributed by atoms with Gasteiger partial charge < -0.3 is 4.74 Å². The van der Waals surface area contributed by atoms with Crippen LogP contribution >= 0.6 is 27.5 Å². The minimum Gasteiger partial charge on any atom is -0.487 e. The number of ether oxygens (including phenoxy) is 1. The van der Waals surface area contributed by atoms with E-state index in [9.17, 15) is 0 Å². The first-order valence-corrected chi connectivity index (χ1v) is 6.80. The normalized spacial score (nSPS) is 10.2. The Balaban J connectivity index is 2.08. The van der Waals surface area contributed by atoms with Crippen molar-refractivity contribution in [1.29, 1.82) is 0 Å². The fraction of sp³-hybridized carbons (Fsp3) is 0.143. The zero-order chi connectivity index (χ0) is 12.1. The Morgan fingerprint density at radius 2 is 1.76 bits per heavy atom. The Morgan fingerprint density at radius 3 is 2.47 bits per heavy atom. The fourth-order valence-corrected chi connectivity index (χ4v) is 2.00. The summed E-state index contributed by atoms with van der Waals surface area (Å²) in [5, 5.41) is 1.44. The van der Waals surface area contributed by atoms with Gasteiger partial charge in [0, 0.05) is 5.33 Å². The van der Waals surface area contributed by atoms with Crippen LogP contribution in [0.25, 0.3) is 0 Å². The molecule has 0 atom stereocenters. The van der Waals surface area contributed by atoms with Crippen LogP contribution in [-0.4, -0.2) is 0 Å². The summed E-state index contributed by atoms with van der Waals surface area (Å²) < 4.78 is 5.71. The molecule has 0 amide bonds. The molecule has 0 N–H and O–H groups in total. The molecule has 1 nitrogen and oxygen atoms in total. The first kappa shape index (κ1) is 12.5. The fourth-order valence-electron chi connectivity index (χ4n) is 1.48. The van der Waals surface area contributed by atoms with Crippen LogP contribution in [0.15, 0.2) is 48.5 Å². The smallest absolute Gasteiger partial charge is 0.138 e. The van der Waals surface area contributed by atoms with E-state index in [2.05, 4.69) is 15.9 Å². The third kappa shape index (κ3) is 3.48. The van der Waals surface area contributed by atoms with Gasteiger partial charge in [-0.1, -0.05) is 63.9 Å². The number of rotatable bonds is 4. The molecule has 0 radical (unpaired) electrons. The Bertz CT molecular complexity index is 485. The van der Waals surface area contributed by atoms with Crippen LogP contribution in [-0.2, 0) is 11.9 Å². The molecule has 2 aromatic rings. The molecule has 0 saturated heterocycles. The van der Waals surface area contributed by atoms with Crippen molar-refractivity contribution in [3.63, 3.8) is 0 Å². The highest BCUT2D eigenvalue weighted by atomic mass is 79.9. The third-order valence-corrected chi connectivity index (χ3v) is 3.35. The molecule has 0 bridgehead atoms. The van der Waals surface area contributed by atoms with Gasteiger partial charge in [-0.15, -0.1) is 0 Å². The Hall–Kier alpha value is -0.990. The average molecular weight is 312 g/mol. The lowest BCUT2D eigenvalue weighted by Gasteiger charge is -2.09. The second kappa shape index (κ2) is 6.08. The van der Waals surface area contributed by atoms with E-state index >= 15 is 0 Å². The number of benzene rings is 2. The summed E-state index contributed by atoms with van der Waals surface area (Å²) in [6.45, 7) is 0.534. The maximum atomic E-state index is 6.08. The molecule has 0 aromatic heterocycles. The quantitative estimate of drug-likeness (QED) is 0.736. The molecule has 0 fully saturated rings. The van der Waals surface area contributed by atoms with E-state index in [1.165, 1.54) is 0 Å². The maximum Gasteiger partial charge on any atom is 0.138 e. The number of alkyl halides is 1. The van der Waals surface area contributed by atoms with Crippen LogP contribution in [0.3, 0.4) is 0 Å². The van der Waals surface area contributed by atoms with E-state index in [4.69, 9.17) is 16.3 Å². The molecule has 0 heterocycles. The molecule has 0 aliphatic heterocycles. The molecular formula is C14H12BrClO. The minimum absolute atomic E-state index is 0.534. The lowest BCUT2D eigenvalue weighted by Crippen LogP contribution is -1.96. The molecule has 2 aromatic carbocycles. The Morgan fingerprint density at radius 1 is 1.00 bits per heavy atom. The van der Waals surface area contributed by atoms with E-state index in [-0.39, 0.29) is 0 Å². The van der Waals surface area contributed by atoms with E-state index in [1.807, 2.05) is 48.5 Å². The van der Waals surface area contributed by atoms with Crippen LogP contribution in [0.1, 0.15) is 11.1 Å². The summed E-state index contributed by atoms with van der Waals surface area (Å²) in [6.07, 6.45) is 0. The average Bonchev–Trinajstić information content (AvgIpc) is 2.39. The van der Waals surface area contributed by atoms with Gasteiger partial charge >= 0.3 is 0 Å². The summed E-state index contributed by atoms with van der Waals surface area (Å²) in [6, 6.07) is 15.8. The second-order valence-corrected chi connectivity index (χ2v) is 4.64. The van der Waals surface area contributed by atoms with Crippen LogP contribution in [0.2, 0.25) is 5.02 Å². The molecule has 17 heavy (non-hydrogen) atoms. The van der Waals surface area contributed by atoms with E-state index < -0.39 is 0 Å². The number of hydrogen-bond donors (Lipinski definition) is 0. The topological polar surface area (TPSA) is 9.23 Å². The van der Waals surface area contributed by atoms with Crippen molar-refractivity contribution in [2.45, 2.75) is 11.9 Å². The van der Waals surface area contributed by atoms with Gasteiger partial charge in [0.05, 0.1) is 5.02 Å². The van der Waals surface area contributed by atoms with Gasteiger partial charge in [0.2, 0.25) is 0 Å². The van der Waals surface area contributed by atoms with Crippen molar-refractivity contribution >= 4 is 27.5 Å². The molecule has 0 unspecified atom stereocenters. The highest BCUT2D eigenvalue weighted by Crippen LogP contribution is 2.27. The minimum atomic E-state index is 0.534. The predicted molar refractivity (Wildman–Crippen MR) is 74.9 cm³/mol. The van der Waals surface area contributed by atoms with Crippen molar-refractivity contribution in [2.24, 2.45) is 0 Å². The van der Waals surface area contributed by atoms with Gasteiger partial charge in [-0.2, -0.15) is 0 Å². The van der Waals surface area contributed by atoms with Gasteiger partial charge in [0.1, 0.15) is 12.4 Å². The first-order chi connectivity index (χ1) is 8.29. The van der Waals surface area contributed by atoms with Crippen molar-refractivity contribution in [1.82, 2.24) is 0 Å². The zero-order valence-electron chi connectivity index (χ0n) is 9.20. The van der Waals surface area contributed by atoms with Crippen LogP contribution in [0.4, 0.5) is 0 Å². The standard InChI is InChI=1S/C14H12BrClO/c15-9-12-6-7-13(16)14(8-12)17-10-11-4-2-1-3-5-11/h1-8H,9-10H2.